The van der Waals surface area contributed by atoms with Gasteiger partial charge in [-0.25, -0.2) is 0 Å². The summed E-state index contributed by atoms with van der Waals surface area (Å²) in [5, 5.41) is 0.484. The molecule has 0 bridgehead atoms. The van der Waals surface area contributed by atoms with Crippen molar-refractivity contribution in [1.82, 2.24) is 4.90 Å². The number of hydrogen-bond donors (Lipinski definition) is 0. The minimum Gasteiger partial charge on any atom is -0.490 e. The number of benzene rings is 2. The summed E-state index contributed by atoms with van der Waals surface area (Å²) in [7, 11) is 0. The summed E-state index contributed by atoms with van der Waals surface area (Å²) < 4.78 is 5.92. The number of carbonyl (C=O) groups is 2. The highest BCUT2D eigenvalue weighted by Gasteiger charge is 2.36. The zero-order valence-corrected chi connectivity index (χ0v) is 17.8. The van der Waals surface area contributed by atoms with E-state index in [2.05, 4.69) is 0 Å². The molecule has 0 N–H and O–H groups in total. The van der Waals surface area contributed by atoms with Crippen molar-refractivity contribution in [3.63, 3.8) is 0 Å². The molecule has 0 spiro atoms. The third-order valence-corrected chi connectivity index (χ3v) is 5.98. The number of rotatable bonds is 6. The lowest BCUT2D eigenvalue weighted by Gasteiger charge is -2.15. The van der Waals surface area contributed by atoms with Crippen LogP contribution in [0.3, 0.4) is 0 Å². The van der Waals surface area contributed by atoms with Crippen molar-refractivity contribution in [1.29, 1.82) is 0 Å². The first-order valence-corrected chi connectivity index (χ1v) is 10.4. The van der Waals surface area contributed by atoms with Crippen LogP contribution in [0.4, 0.5) is 4.79 Å². The molecule has 1 heterocycles. The molecule has 3 rings (SSSR count). The van der Waals surface area contributed by atoms with Crippen LogP contribution in [-0.4, -0.2) is 22.2 Å². The smallest absolute Gasteiger partial charge is 0.293 e. The molecule has 0 radical (unpaired) electrons. The van der Waals surface area contributed by atoms with Crippen molar-refractivity contribution >= 4 is 52.2 Å². The summed E-state index contributed by atoms with van der Waals surface area (Å²) in [4.78, 5) is 26.8. The monoisotopic (exact) mass is 435 g/mol. The minimum absolute atomic E-state index is 0.0333. The van der Waals surface area contributed by atoms with Crippen LogP contribution in [0.5, 0.6) is 5.75 Å². The Morgan fingerprint density at radius 2 is 1.79 bits per heavy atom. The third-order valence-electron chi connectivity index (χ3n) is 4.36. The number of imide groups is 1. The molecule has 1 aliphatic heterocycles. The Balaban J connectivity index is 1.86. The van der Waals surface area contributed by atoms with Crippen LogP contribution in [0, 0.1) is 0 Å². The molecule has 0 aromatic heterocycles. The Morgan fingerprint density at radius 1 is 1.11 bits per heavy atom. The summed E-state index contributed by atoms with van der Waals surface area (Å²) in [6.07, 6.45) is 2.60. The van der Waals surface area contributed by atoms with E-state index in [-0.39, 0.29) is 23.8 Å². The molecule has 146 valence electrons. The molecule has 1 unspecified atom stereocenters. The van der Waals surface area contributed by atoms with Gasteiger partial charge in [-0.3, -0.25) is 14.5 Å². The molecule has 1 saturated heterocycles. The lowest BCUT2D eigenvalue weighted by Crippen LogP contribution is -2.27. The van der Waals surface area contributed by atoms with Crippen molar-refractivity contribution in [3.8, 4) is 5.75 Å². The lowest BCUT2D eigenvalue weighted by molar-refractivity contribution is -0.123. The first-order chi connectivity index (χ1) is 13.4. The second-order valence-corrected chi connectivity index (χ2v) is 8.15. The second kappa shape index (κ2) is 9.03. The van der Waals surface area contributed by atoms with Gasteiger partial charge in [0.15, 0.2) is 0 Å². The average molecular weight is 436 g/mol. The number of thioether (sulfide) groups is 1. The van der Waals surface area contributed by atoms with Crippen LogP contribution in [-0.2, 0) is 11.3 Å². The van der Waals surface area contributed by atoms with E-state index in [9.17, 15) is 9.59 Å². The Kier molecular flexibility index (Phi) is 6.70. The number of ether oxygens (including phenoxy) is 1. The first kappa shape index (κ1) is 20.8. The van der Waals surface area contributed by atoms with Crippen LogP contribution >= 0.6 is 35.0 Å². The van der Waals surface area contributed by atoms with E-state index in [4.69, 9.17) is 27.9 Å². The van der Waals surface area contributed by atoms with Gasteiger partial charge in [0.1, 0.15) is 5.75 Å². The second-order valence-electron chi connectivity index (χ2n) is 6.34. The minimum atomic E-state index is -0.371. The number of hydrogen-bond acceptors (Lipinski definition) is 4. The van der Waals surface area contributed by atoms with Gasteiger partial charge < -0.3 is 4.74 Å². The molecular weight excluding hydrogens is 417 g/mol. The Labute approximate surface area is 178 Å². The largest absolute Gasteiger partial charge is 0.490 e. The zero-order chi connectivity index (χ0) is 20.3. The van der Waals surface area contributed by atoms with E-state index >= 15 is 0 Å². The number of carbonyl (C=O) groups excluding carboxylic acids is 2. The molecule has 2 amide bonds. The third kappa shape index (κ3) is 4.54. The zero-order valence-electron chi connectivity index (χ0n) is 15.4. The van der Waals surface area contributed by atoms with Gasteiger partial charge in [-0.05, 0) is 49.4 Å². The fourth-order valence-electron chi connectivity index (χ4n) is 2.63. The van der Waals surface area contributed by atoms with E-state index < -0.39 is 0 Å². The van der Waals surface area contributed by atoms with Crippen LogP contribution < -0.4 is 4.74 Å². The molecule has 1 aliphatic rings. The molecule has 1 fully saturated rings. The number of amides is 2. The molecule has 0 aliphatic carbocycles. The molecule has 28 heavy (non-hydrogen) atoms. The van der Waals surface area contributed by atoms with Crippen molar-refractivity contribution in [3.05, 3.63) is 68.5 Å². The van der Waals surface area contributed by atoms with Crippen LogP contribution in [0.2, 0.25) is 10.0 Å². The molecule has 7 heteroatoms. The highest BCUT2D eigenvalue weighted by Crippen LogP contribution is 2.36. The van der Waals surface area contributed by atoms with Gasteiger partial charge in [0, 0.05) is 21.2 Å². The van der Waals surface area contributed by atoms with Gasteiger partial charge in [0.05, 0.1) is 17.6 Å². The summed E-state index contributed by atoms with van der Waals surface area (Å²) in [6.45, 7) is 4.06. The van der Waals surface area contributed by atoms with Crippen molar-refractivity contribution < 1.29 is 14.3 Å². The van der Waals surface area contributed by atoms with Gasteiger partial charge in [-0.15, -0.1) is 0 Å². The standard InChI is InChI=1S/C21H19Cl2NO3S/c1-3-13(2)27-18-10-5-4-7-14(18)11-19-20(25)24(21(26)28-19)12-15-16(22)8-6-9-17(15)23/h4-11,13H,3,12H2,1-2H3/b19-11+. The molecular formula is C21H19Cl2NO3S. The summed E-state index contributed by atoms with van der Waals surface area (Å²) in [6, 6.07) is 12.5. The van der Waals surface area contributed by atoms with E-state index in [1.54, 1.807) is 24.3 Å². The lowest BCUT2D eigenvalue weighted by atomic mass is 10.1. The Morgan fingerprint density at radius 3 is 2.46 bits per heavy atom. The van der Waals surface area contributed by atoms with Crippen LogP contribution in [0.15, 0.2) is 47.4 Å². The normalized spacial score (nSPS) is 16.7. The Bertz CT molecular complexity index is 925. The number of para-hydroxylation sites is 1. The highest BCUT2D eigenvalue weighted by atomic mass is 35.5. The highest BCUT2D eigenvalue weighted by molar-refractivity contribution is 8.18. The number of nitrogens with zero attached hydrogens (tertiary/aromatic N) is 1. The van der Waals surface area contributed by atoms with E-state index in [0.29, 0.717) is 26.3 Å². The van der Waals surface area contributed by atoms with Gasteiger partial charge in [0.25, 0.3) is 11.1 Å². The first-order valence-electron chi connectivity index (χ1n) is 8.84. The van der Waals surface area contributed by atoms with E-state index in [1.165, 1.54) is 0 Å². The maximum absolute atomic E-state index is 12.8. The quantitative estimate of drug-likeness (QED) is 0.491. The summed E-state index contributed by atoms with van der Waals surface area (Å²) >= 11 is 13.3. The molecule has 2 aromatic carbocycles. The van der Waals surface area contributed by atoms with Gasteiger partial charge in [0.2, 0.25) is 0 Å². The SMILES string of the molecule is CCC(C)Oc1ccccc1/C=C1/SC(=O)N(Cc2c(Cl)cccc2Cl)C1=O. The fourth-order valence-corrected chi connectivity index (χ4v) is 3.97. The van der Waals surface area contributed by atoms with Crippen molar-refractivity contribution in [2.24, 2.45) is 0 Å². The fraction of sp³-hybridized carbons (Fsp3) is 0.238. The predicted octanol–water partition coefficient (Wildman–Crippen LogP) is 6.41. The summed E-state index contributed by atoms with van der Waals surface area (Å²) in [5.74, 6) is 0.308. The van der Waals surface area contributed by atoms with Crippen molar-refractivity contribution in [2.45, 2.75) is 32.9 Å². The van der Waals surface area contributed by atoms with Crippen molar-refractivity contribution in [2.75, 3.05) is 0 Å². The molecule has 1 atom stereocenters. The van der Waals surface area contributed by atoms with E-state index in [1.807, 2.05) is 38.1 Å². The molecule has 2 aromatic rings. The molecule has 4 nitrogen and oxygen atoms in total. The topological polar surface area (TPSA) is 46.6 Å². The average Bonchev–Trinajstić information content (AvgIpc) is 2.93. The molecule has 0 saturated carbocycles. The van der Waals surface area contributed by atoms with E-state index in [0.717, 1.165) is 28.6 Å². The number of halogens is 2. The Hall–Kier alpha value is -1.95. The summed E-state index contributed by atoms with van der Waals surface area (Å²) in [5.41, 5.74) is 1.30. The predicted molar refractivity (Wildman–Crippen MR) is 115 cm³/mol. The van der Waals surface area contributed by atoms with Gasteiger partial charge in [-0.1, -0.05) is 54.4 Å². The van der Waals surface area contributed by atoms with Crippen LogP contribution in [0.25, 0.3) is 6.08 Å². The van der Waals surface area contributed by atoms with Gasteiger partial charge in [-0.2, -0.15) is 0 Å². The van der Waals surface area contributed by atoms with Crippen LogP contribution in [0.1, 0.15) is 31.4 Å². The maximum atomic E-state index is 12.8. The maximum Gasteiger partial charge on any atom is 0.293 e. The van der Waals surface area contributed by atoms with Gasteiger partial charge >= 0.3 is 0 Å².